The van der Waals surface area contributed by atoms with E-state index in [0.717, 1.165) is 10.9 Å². The predicted octanol–water partition coefficient (Wildman–Crippen LogP) is 5.39. The first-order valence-corrected chi connectivity index (χ1v) is 7.60. The van der Waals surface area contributed by atoms with Gasteiger partial charge in [0.1, 0.15) is 5.69 Å². The van der Waals surface area contributed by atoms with Crippen LogP contribution in [0.3, 0.4) is 0 Å². The van der Waals surface area contributed by atoms with Gasteiger partial charge in [0.2, 0.25) is 0 Å². The Labute approximate surface area is 142 Å². The minimum atomic E-state index is -0.251. The van der Waals surface area contributed by atoms with E-state index in [0.29, 0.717) is 26.4 Å². The van der Waals surface area contributed by atoms with Crippen LogP contribution in [0.5, 0.6) is 0 Å². The zero-order valence-electron chi connectivity index (χ0n) is 11.5. The van der Waals surface area contributed by atoms with Crippen molar-refractivity contribution in [2.75, 3.05) is 5.32 Å². The Hall–Kier alpha value is -1.68. The molecular weight excluding hydrogens is 343 g/mol. The van der Waals surface area contributed by atoms with Gasteiger partial charge in [-0.3, -0.25) is 4.79 Å². The number of fused-ring (bicyclic) bond motifs is 1. The maximum absolute atomic E-state index is 12.5. The fourth-order valence-electron chi connectivity index (χ4n) is 2.30. The number of halogens is 3. The number of amides is 1. The molecule has 0 unspecified atom stereocenters. The van der Waals surface area contributed by atoms with E-state index in [-0.39, 0.29) is 5.91 Å². The van der Waals surface area contributed by atoms with Gasteiger partial charge in [-0.05, 0) is 36.4 Å². The monoisotopic (exact) mass is 352 g/mol. The van der Waals surface area contributed by atoms with Crippen molar-refractivity contribution in [3.8, 4) is 0 Å². The van der Waals surface area contributed by atoms with Gasteiger partial charge in [-0.15, -0.1) is 0 Å². The summed E-state index contributed by atoms with van der Waals surface area (Å²) in [5, 5.41) is 5.26. The SMILES string of the molecule is Cn1c(C(=O)Nc2ccc(Cl)cc2Cl)cc2ccc(Cl)cc21. The second-order valence-corrected chi connectivity index (χ2v) is 6.15. The quantitative estimate of drug-likeness (QED) is 0.658. The molecule has 3 aromatic rings. The van der Waals surface area contributed by atoms with E-state index in [1.807, 2.05) is 25.2 Å². The molecule has 0 spiro atoms. The number of aromatic nitrogens is 1. The number of hydrogen-bond acceptors (Lipinski definition) is 1. The maximum Gasteiger partial charge on any atom is 0.272 e. The number of carbonyl (C=O) groups excluding carboxylic acids is 1. The first kappa shape index (κ1) is 15.2. The smallest absolute Gasteiger partial charge is 0.272 e. The van der Waals surface area contributed by atoms with Gasteiger partial charge in [-0.1, -0.05) is 40.9 Å². The normalized spacial score (nSPS) is 10.9. The van der Waals surface area contributed by atoms with Crippen molar-refractivity contribution in [1.82, 2.24) is 4.57 Å². The van der Waals surface area contributed by atoms with E-state index in [4.69, 9.17) is 34.8 Å². The van der Waals surface area contributed by atoms with E-state index in [1.165, 1.54) is 0 Å². The summed E-state index contributed by atoms with van der Waals surface area (Å²) in [5.74, 6) is -0.251. The predicted molar refractivity (Wildman–Crippen MR) is 92.3 cm³/mol. The lowest BCUT2D eigenvalue weighted by atomic mass is 10.2. The first-order valence-electron chi connectivity index (χ1n) is 6.47. The Bertz CT molecular complexity index is 886. The Morgan fingerprint density at radius 1 is 1.00 bits per heavy atom. The molecule has 0 aliphatic rings. The largest absolute Gasteiger partial charge is 0.340 e. The topological polar surface area (TPSA) is 34.0 Å². The van der Waals surface area contributed by atoms with E-state index in [2.05, 4.69) is 5.32 Å². The van der Waals surface area contributed by atoms with Crippen molar-refractivity contribution in [2.24, 2.45) is 7.05 Å². The van der Waals surface area contributed by atoms with Crippen LogP contribution in [0.25, 0.3) is 10.9 Å². The van der Waals surface area contributed by atoms with Crippen molar-refractivity contribution in [1.29, 1.82) is 0 Å². The van der Waals surface area contributed by atoms with Crippen LogP contribution in [0.2, 0.25) is 15.1 Å². The number of hydrogen-bond donors (Lipinski definition) is 1. The minimum absolute atomic E-state index is 0.251. The summed E-state index contributed by atoms with van der Waals surface area (Å²) in [7, 11) is 1.82. The van der Waals surface area contributed by atoms with Crippen LogP contribution < -0.4 is 5.32 Å². The van der Waals surface area contributed by atoms with Gasteiger partial charge in [-0.25, -0.2) is 0 Å². The Kier molecular flexibility index (Phi) is 4.04. The molecule has 2 aromatic carbocycles. The molecular formula is C16H11Cl3N2O. The van der Waals surface area contributed by atoms with E-state index in [1.54, 1.807) is 28.8 Å². The van der Waals surface area contributed by atoms with Crippen molar-refractivity contribution in [3.63, 3.8) is 0 Å². The molecule has 0 aliphatic heterocycles. The van der Waals surface area contributed by atoms with Crippen molar-refractivity contribution >= 4 is 57.3 Å². The molecule has 0 fully saturated rings. The van der Waals surface area contributed by atoms with Gasteiger partial charge in [-0.2, -0.15) is 0 Å². The number of aryl methyl sites for hydroxylation is 1. The highest BCUT2D eigenvalue weighted by Crippen LogP contribution is 2.27. The average molecular weight is 354 g/mol. The lowest BCUT2D eigenvalue weighted by molar-refractivity contribution is 0.102. The second-order valence-electron chi connectivity index (χ2n) is 4.87. The summed E-state index contributed by atoms with van der Waals surface area (Å²) in [4.78, 5) is 12.5. The molecule has 1 N–H and O–H groups in total. The van der Waals surface area contributed by atoms with Crippen molar-refractivity contribution in [3.05, 3.63) is 63.2 Å². The maximum atomic E-state index is 12.5. The Morgan fingerprint density at radius 2 is 1.68 bits per heavy atom. The second kappa shape index (κ2) is 5.84. The zero-order chi connectivity index (χ0) is 15.9. The fourth-order valence-corrected chi connectivity index (χ4v) is 2.92. The summed E-state index contributed by atoms with van der Waals surface area (Å²) in [5.41, 5.74) is 1.92. The van der Waals surface area contributed by atoms with Gasteiger partial charge in [0.15, 0.2) is 0 Å². The molecule has 0 bridgehead atoms. The van der Waals surface area contributed by atoms with Gasteiger partial charge < -0.3 is 9.88 Å². The van der Waals surface area contributed by atoms with Crippen LogP contribution in [0.1, 0.15) is 10.5 Å². The molecule has 1 aromatic heterocycles. The van der Waals surface area contributed by atoms with Crippen LogP contribution in [0, 0.1) is 0 Å². The summed E-state index contributed by atoms with van der Waals surface area (Å²) in [6.45, 7) is 0. The Morgan fingerprint density at radius 3 is 2.41 bits per heavy atom. The van der Waals surface area contributed by atoms with Crippen molar-refractivity contribution in [2.45, 2.75) is 0 Å². The van der Waals surface area contributed by atoms with Crippen LogP contribution >= 0.6 is 34.8 Å². The summed E-state index contributed by atoms with van der Waals surface area (Å²) >= 11 is 17.9. The Balaban J connectivity index is 1.97. The molecule has 22 heavy (non-hydrogen) atoms. The van der Waals surface area contributed by atoms with Gasteiger partial charge in [0.25, 0.3) is 5.91 Å². The summed E-state index contributed by atoms with van der Waals surface area (Å²) in [6.07, 6.45) is 0. The lowest BCUT2D eigenvalue weighted by Gasteiger charge is -2.08. The van der Waals surface area contributed by atoms with Gasteiger partial charge in [0.05, 0.1) is 10.7 Å². The van der Waals surface area contributed by atoms with E-state index in [9.17, 15) is 4.79 Å². The molecule has 0 aliphatic carbocycles. The third-order valence-electron chi connectivity index (χ3n) is 3.42. The average Bonchev–Trinajstić information content (AvgIpc) is 2.79. The van der Waals surface area contributed by atoms with Gasteiger partial charge >= 0.3 is 0 Å². The lowest BCUT2D eigenvalue weighted by Crippen LogP contribution is -2.15. The molecule has 3 nitrogen and oxygen atoms in total. The van der Waals surface area contributed by atoms with Crippen LogP contribution in [0.4, 0.5) is 5.69 Å². The third kappa shape index (κ3) is 2.80. The summed E-state index contributed by atoms with van der Waals surface area (Å²) in [6, 6.07) is 12.2. The van der Waals surface area contributed by atoms with Crippen LogP contribution in [-0.2, 0) is 7.05 Å². The minimum Gasteiger partial charge on any atom is -0.340 e. The van der Waals surface area contributed by atoms with E-state index < -0.39 is 0 Å². The standard InChI is InChI=1S/C16H11Cl3N2O/c1-21-14-8-11(18)3-2-9(14)6-15(21)16(22)20-13-5-4-10(17)7-12(13)19/h2-8H,1H3,(H,20,22). The molecule has 0 saturated heterocycles. The molecule has 0 saturated carbocycles. The molecule has 1 amide bonds. The summed E-state index contributed by atoms with van der Waals surface area (Å²) < 4.78 is 1.79. The number of rotatable bonds is 2. The highest BCUT2D eigenvalue weighted by atomic mass is 35.5. The highest BCUT2D eigenvalue weighted by molar-refractivity contribution is 6.36. The molecule has 0 radical (unpaired) electrons. The van der Waals surface area contributed by atoms with E-state index >= 15 is 0 Å². The fraction of sp³-hybridized carbons (Fsp3) is 0.0625. The molecule has 1 heterocycles. The molecule has 6 heteroatoms. The number of benzene rings is 2. The van der Waals surface area contributed by atoms with Crippen molar-refractivity contribution < 1.29 is 4.79 Å². The third-order valence-corrected chi connectivity index (χ3v) is 4.20. The first-order chi connectivity index (χ1) is 10.5. The highest BCUT2D eigenvalue weighted by Gasteiger charge is 2.15. The number of nitrogens with zero attached hydrogens (tertiary/aromatic N) is 1. The molecule has 3 rings (SSSR count). The zero-order valence-corrected chi connectivity index (χ0v) is 13.8. The van der Waals surface area contributed by atoms with Gasteiger partial charge in [0, 0.05) is 28.0 Å². The molecule has 112 valence electrons. The molecule has 0 atom stereocenters. The van der Waals surface area contributed by atoms with Crippen LogP contribution in [0.15, 0.2) is 42.5 Å². The van der Waals surface area contributed by atoms with Crippen LogP contribution in [-0.4, -0.2) is 10.5 Å². The number of anilines is 1. The number of carbonyl (C=O) groups is 1. The number of nitrogens with one attached hydrogen (secondary N) is 1.